The van der Waals surface area contributed by atoms with Crippen LogP contribution in [0.25, 0.3) is 11.3 Å². The van der Waals surface area contributed by atoms with Crippen molar-refractivity contribution in [2.24, 2.45) is 0 Å². The van der Waals surface area contributed by atoms with Crippen molar-refractivity contribution >= 4 is 17.3 Å². The minimum Gasteiger partial charge on any atom is -0.395 e. The Morgan fingerprint density at radius 3 is 2.61 bits per heavy atom. The average Bonchev–Trinajstić information content (AvgIpc) is 2.86. The smallest absolute Gasteiger partial charge is 0.271 e. The summed E-state index contributed by atoms with van der Waals surface area (Å²) in [5.74, 6) is -0.356. The first-order valence-corrected chi connectivity index (χ1v) is 11.1. The number of anilines is 2. The Kier molecular flexibility index (Phi) is 7.11. The maximum atomic E-state index is 12.8. The summed E-state index contributed by atoms with van der Waals surface area (Å²) in [5, 5.41) is 11.8. The molecule has 0 atom stereocenters. The molecule has 0 spiro atoms. The van der Waals surface area contributed by atoms with Crippen molar-refractivity contribution in [1.29, 1.82) is 0 Å². The van der Waals surface area contributed by atoms with Gasteiger partial charge in [-0.3, -0.25) is 19.5 Å². The number of carbonyl (C=O) groups is 1. The zero-order valence-corrected chi connectivity index (χ0v) is 18.6. The van der Waals surface area contributed by atoms with Gasteiger partial charge in [0.1, 0.15) is 5.69 Å². The van der Waals surface area contributed by atoms with E-state index in [1.54, 1.807) is 36.8 Å². The zero-order chi connectivity index (χ0) is 23.2. The monoisotopic (exact) mass is 448 g/mol. The molecule has 0 radical (unpaired) electrons. The molecule has 3 aromatic rings. The summed E-state index contributed by atoms with van der Waals surface area (Å²) in [6.45, 7) is 6.40. The number of aromatic nitrogens is 3. The number of nitrogens with one attached hydrogen (secondary N) is 2. The molecule has 1 aliphatic rings. The van der Waals surface area contributed by atoms with E-state index < -0.39 is 0 Å². The quantitative estimate of drug-likeness (QED) is 0.505. The van der Waals surface area contributed by atoms with Gasteiger partial charge in [-0.2, -0.15) is 0 Å². The molecule has 1 saturated heterocycles. The summed E-state index contributed by atoms with van der Waals surface area (Å²) >= 11 is 0. The van der Waals surface area contributed by atoms with Gasteiger partial charge in [0, 0.05) is 61.9 Å². The minimum atomic E-state index is -0.385. The van der Waals surface area contributed by atoms with Crippen LogP contribution in [0.15, 0.2) is 53.7 Å². The van der Waals surface area contributed by atoms with Crippen molar-refractivity contribution in [1.82, 2.24) is 19.9 Å². The lowest BCUT2D eigenvalue weighted by atomic mass is 10.1. The molecule has 172 valence electrons. The largest absolute Gasteiger partial charge is 0.395 e. The third-order valence-electron chi connectivity index (χ3n) is 5.78. The topological polar surface area (TPSA) is 114 Å². The molecule has 4 rings (SSSR count). The lowest BCUT2D eigenvalue weighted by molar-refractivity contribution is 0.102. The number of hydrogen-bond donors (Lipinski definition) is 3. The molecule has 2 aromatic heterocycles. The summed E-state index contributed by atoms with van der Waals surface area (Å²) in [5.41, 5.74) is 3.43. The Balaban J connectivity index is 1.44. The predicted octanol–water partition coefficient (Wildman–Crippen LogP) is 1.76. The van der Waals surface area contributed by atoms with Crippen molar-refractivity contribution in [3.05, 3.63) is 70.5 Å². The predicted molar refractivity (Wildman–Crippen MR) is 128 cm³/mol. The van der Waals surface area contributed by atoms with E-state index in [1.807, 2.05) is 19.1 Å². The number of aliphatic hydroxyl groups excluding tert-OH is 1. The third kappa shape index (κ3) is 5.44. The van der Waals surface area contributed by atoms with Gasteiger partial charge in [0.15, 0.2) is 0 Å². The van der Waals surface area contributed by atoms with Crippen molar-refractivity contribution in [2.75, 3.05) is 49.5 Å². The normalized spacial score (nSPS) is 14.3. The van der Waals surface area contributed by atoms with E-state index in [1.165, 1.54) is 0 Å². The molecule has 0 saturated carbocycles. The lowest BCUT2D eigenvalue weighted by Crippen LogP contribution is -2.47. The first-order valence-electron chi connectivity index (χ1n) is 11.1. The van der Waals surface area contributed by atoms with Crippen LogP contribution in [-0.2, 0) is 6.42 Å². The fourth-order valence-corrected chi connectivity index (χ4v) is 3.83. The lowest BCUT2D eigenvalue weighted by Gasteiger charge is -2.35. The van der Waals surface area contributed by atoms with E-state index >= 15 is 0 Å². The van der Waals surface area contributed by atoms with Gasteiger partial charge >= 0.3 is 0 Å². The van der Waals surface area contributed by atoms with Crippen molar-refractivity contribution in [3.63, 3.8) is 0 Å². The highest BCUT2D eigenvalue weighted by Crippen LogP contribution is 2.20. The summed E-state index contributed by atoms with van der Waals surface area (Å²) in [4.78, 5) is 40.9. The molecule has 1 fully saturated rings. The summed E-state index contributed by atoms with van der Waals surface area (Å²) in [6, 6.07) is 8.98. The molecule has 3 heterocycles. The average molecular weight is 449 g/mol. The molecule has 1 amide bonds. The second-order valence-electron chi connectivity index (χ2n) is 7.93. The van der Waals surface area contributed by atoms with E-state index in [4.69, 9.17) is 5.11 Å². The molecule has 3 N–H and O–H groups in total. The molecular weight excluding hydrogens is 420 g/mol. The summed E-state index contributed by atoms with van der Waals surface area (Å²) < 4.78 is 0. The number of hydrogen-bond acceptors (Lipinski definition) is 7. The Bertz CT molecular complexity index is 1150. The summed E-state index contributed by atoms with van der Waals surface area (Å²) in [6.07, 6.45) is 5.65. The first kappa shape index (κ1) is 22.6. The van der Waals surface area contributed by atoms with E-state index in [0.29, 0.717) is 23.4 Å². The highest BCUT2D eigenvalue weighted by Gasteiger charge is 2.17. The van der Waals surface area contributed by atoms with Crippen LogP contribution in [0.1, 0.15) is 23.0 Å². The number of nitrogens with zero attached hydrogens (tertiary/aromatic N) is 4. The number of aromatic amines is 1. The second-order valence-corrected chi connectivity index (χ2v) is 7.93. The van der Waals surface area contributed by atoms with Gasteiger partial charge in [-0.05, 0) is 36.8 Å². The maximum Gasteiger partial charge on any atom is 0.271 e. The van der Waals surface area contributed by atoms with Gasteiger partial charge < -0.3 is 20.3 Å². The molecule has 9 heteroatoms. The number of H-pyrrole nitrogens is 1. The maximum absolute atomic E-state index is 12.8. The Morgan fingerprint density at radius 1 is 1.15 bits per heavy atom. The van der Waals surface area contributed by atoms with Gasteiger partial charge in [-0.15, -0.1) is 0 Å². The van der Waals surface area contributed by atoms with Crippen LogP contribution in [0.5, 0.6) is 0 Å². The van der Waals surface area contributed by atoms with Crippen LogP contribution in [0, 0.1) is 0 Å². The van der Waals surface area contributed by atoms with E-state index in [2.05, 4.69) is 30.1 Å². The molecule has 1 aliphatic heterocycles. The molecule has 9 nitrogen and oxygen atoms in total. The van der Waals surface area contributed by atoms with Crippen LogP contribution in [0.3, 0.4) is 0 Å². The SMILES string of the molecule is CCc1cncc(-c2c[nH]c(=O)c(NC(=O)c3ccc(N4CCN(CCO)CC4)cc3)c2)n1. The number of β-amino-alcohol motifs (C(OH)–C–C–N with tert-alkyl or cyclic N) is 1. The number of aliphatic hydroxyl groups is 1. The number of piperazine rings is 1. The first-order chi connectivity index (χ1) is 16.1. The zero-order valence-electron chi connectivity index (χ0n) is 18.6. The Hall–Kier alpha value is -3.56. The minimum absolute atomic E-state index is 0.158. The van der Waals surface area contributed by atoms with Crippen molar-refractivity contribution in [2.45, 2.75) is 13.3 Å². The van der Waals surface area contributed by atoms with E-state index in [-0.39, 0.29) is 23.8 Å². The van der Waals surface area contributed by atoms with Gasteiger partial charge in [0.2, 0.25) is 0 Å². The molecular formula is C24H28N6O3. The van der Waals surface area contributed by atoms with Gasteiger partial charge in [-0.25, -0.2) is 4.98 Å². The fourth-order valence-electron chi connectivity index (χ4n) is 3.83. The molecule has 0 aliphatic carbocycles. The Morgan fingerprint density at radius 2 is 1.91 bits per heavy atom. The van der Waals surface area contributed by atoms with Gasteiger partial charge in [0.05, 0.1) is 24.2 Å². The second kappa shape index (κ2) is 10.4. The molecule has 33 heavy (non-hydrogen) atoms. The number of pyridine rings is 1. The highest BCUT2D eigenvalue weighted by atomic mass is 16.3. The van der Waals surface area contributed by atoms with Crippen LogP contribution in [0.4, 0.5) is 11.4 Å². The van der Waals surface area contributed by atoms with Crippen molar-refractivity contribution < 1.29 is 9.90 Å². The third-order valence-corrected chi connectivity index (χ3v) is 5.78. The van der Waals surface area contributed by atoms with Gasteiger partial charge in [-0.1, -0.05) is 6.92 Å². The number of benzene rings is 1. The number of aryl methyl sites for hydroxylation is 1. The van der Waals surface area contributed by atoms with Crippen LogP contribution >= 0.6 is 0 Å². The van der Waals surface area contributed by atoms with Gasteiger partial charge in [0.25, 0.3) is 11.5 Å². The molecule has 0 bridgehead atoms. The molecule has 0 unspecified atom stereocenters. The van der Waals surface area contributed by atoms with Crippen molar-refractivity contribution in [3.8, 4) is 11.3 Å². The summed E-state index contributed by atoms with van der Waals surface area (Å²) in [7, 11) is 0. The molecule has 1 aromatic carbocycles. The standard InChI is InChI=1S/C24H28N6O3/c1-2-19-15-25-16-22(27-19)18-13-21(24(33)26-14-18)28-23(32)17-3-5-20(6-4-17)30-9-7-29(8-10-30)11-12-31/h3-6,13-16,31H,2,7-12H2,1H3,(H,26,33)(H,28,32). The van der Waals surface area contributed by atoms with E-state index in [0.717, 1.165) is 44.0 Å². The van der Waals surface area contributed by atoms with Crippen LogP contribution in [0.2, 0.25) is 0 Å². The number of carbonyl (C=O) groups excluding carboxylic acids is 1. The van der Waals surface area contributed by atoms with Crippen LogP contribution in [-0.4, -0.2) is 70.2 Å². The van der Waals surface area contributed by atoms with Crippen LogP contribution < -0.4 is 15.8 Å². The Labute approximate surface area is 192 Å². The number of rotatable bonds is 7. The fraction of sp³-hybridized carbons (Fsp3) is 0.333. The highest BCUT2D eigenvalue weighted by molar-refractivity contribution is 6.04. The number of amides is 1. The van der Waals surface area contributed by atoms with E-state index in [9.17, 15) is 9.59 Å².